The lowest BCUT2D eigenvalue weighted by molar-refractivity contribution is 0.184. The molecule has 0 atom stereocenters. The number of urea groups is 1. The van der Waals surface area contributed by atoms with Crippen LogP contribution in [0.1, 0.15) is 37.3 Å². The monoisotopic (exact) mass is 366 g/mol. The average Bonchev–Trinajstić information content (AvgIpc) is 3.20. The number of carbonyl (C=O) groups excluding carboxylic acids is 1. The van der Waals surface area contributed by atoms with Crippen molar-refractivity contribution in [1.82, 2.24) is 24.2 Å². The predicted octanol–water partition coefficient (Wildman–Crippen LogP) is 3.51. The number of benzene rings is 1. The Morgan fingerprint density at radius 2 is 2.00 bits per heavy atom. The quantitative estimate of drug-likeness (QED) is 0.771. The number of para-hydroxylation sites is 2. The van der Waals surface area contributed by atoms with Crippen molar-refractivity contribution in [3.8, 4) is 0 Å². The van der Waals surface area contributed by atoms with Crippen LogP contribution in [-0.2, 0) is 13.5 Å². The fraction of sp³-hybridized carbons (Fsp3) is 0.450. The van der Waals surface area contributed by atoms with Gasteiger partial charge in [-0.1, -0.05) is 19.1 Å². The van der Waals surface area contributed by atoms with Crippen LogP contribution in [0.4, 0.5) is 10.5 Å². The van der Waals surface area contributed by atoms with Crippen LogP contribution in [-0.4, -0.2) is 43.4 Å². The summed E-state index contributed by atoms with van der Waals surface area (Å²) in [4.78, 5) is 19.3. The van der Waals surface area contributed by atoms with Gasteiger partial charge in [0.1, 0.15) is 5.82 Å². The summed E-state index contributed by atoms with van der Waals surface area (Å²) in [6, 6.07) is 8.66. The molecule has 0 unspecified atom stereocenters. The molecule has 0 spiro atoms. The SMILES string of the molecule is CCc1nc2ccccc2n1C1CCN(C(=O)Nc2cn(C)nc2C)CC1. The van der Waals surface area contributed by atoms with Gasteiger partial charge >= 0.3 is 6.03 Å². The van der Waals surface area contributed by atoms with E-state index < -0.39 is 0 Å². The molecule has 1 fully saturated rings. The number of fused-ring (bicyclic) bond motifs is 1. The molecule has 1 saturated heterocycles. The van der Waals surface area contributed by atoms with Gasteiger partial charge in [0.25, 0.3) is 0 Å². The number of likely N-dealkylation sites (tertiary alicyclic amines) is 1. The average molecular weight is 366 g/mol. The first-order valence-electron chi connectivity index (χ1n) is 9.59. The van der Waals surface area contributed by atoms with Crippen LogP contribution in [0.5, 0.6) is 0 Å². The number of hydrogen-bond acceptors (Lipinski definition) is 3. The van der Waals surface area contributed by atoms with Gasteiger partial charge in [-0.3, -0.25) is 4.68 Å². The van der Waals surface area contributed by atoms with Gasteiger partial charge in [0, 0.05) is 38.8 Å². The summed E-state index contributed by atoms with van der Waals surface area (Å²) in [7, 11) is 1.86. The molecule has 7 heteroatoms. The maximum Gasteiger partial charge on any atom is 0.321 e. The minimum absolute atomic E-state index is 0.0456. The number of nitrogens with zero attached hydrogens (tertiary/aromatic N) is 5. The predicted molar refractivity (Wildman–Crippen MR) is 106 cm³/mol. The fourth-order valence-electron chi connectivity index (χ4n) is 3.99. The standard InChI is InChI=1S/C20H26N6O/c1-4-19-21-16-7-5-6-8-18(16)26(19)15-9-11-25(12-10-15)20(27)22-17-13-24(3)23-14(17)2/h5-8,13,15H,4,9-12H2,1-3H3,(H,22,27). The highest BCUT2D eigenvalue weighted by Crippen LogP contribution is 2.29. The second-order valence-electron chi connectivity index (χ2n) is 7.19. The number of anilines is 1. The molecule has 1 aliphatic heterocycles. The molecule has 2 amide bonds. The lowest BCUT2D eigenvalue weighted by atomic mass is 10.0. The molecule has 3 heterocycles. The highest BCUT2D eigenvalue weighted by molar-refractivity contribution is 5.89. The normalized spacial score (nSPS) is 15.4. The fourth-order valence-corrected chi connectivity index (χ4v) is 3.99. The number of amides is 2. The zero-order valence-corrected chi connectivity index (χ0v) is 16.1. The minimum atomic E-state index is -0.0456. The first-order chi connectivity index (χ1) is 13.1. The van der Waals surface area contributed by atoms with E-state index in [1.807, 2.05) is 31.1 Å². The largest absolute Gasteiger partial charge is 0.325 e. The van der Waals surface area contributed by atoms with Crippen molar-refractivity contribution in [3.05, 3.63) is 42.0 Å². The summed E-state index contributed by atoms with van der Waals surface area (Å²) in [6.45, 7) is 5.53. The number of carbonyl (C=O) groups is 1. The molecule has 0 radical (unpaired) electrons. The van der Waals surface area contributed by atoms with E-state index >= 15 is 0 Å². The number of aromatic nitrogens is 4. The van der Waals surface area contributed by atoms with Crippen molar-refractivity contribution in [2.75, 3.05) is 18.4 Å². The van der Waals surface area contributed by atoms with Gasteiger partial charge in [-0.2, -0.15) is 5.10 Å². The van der Waals surface area contributed by atoms with Crippen molar-refractivity contribution < 1.29 is 4.79 Å². The van der Waals surface area contributed by atoms with E-state index in [2.05, 4.69) is 40.1 Å². The zero-order chi connectivity index (χ0) is 19.0. The Hall–Kier alpha value is -2.83. The van der Waals surface area contributed by atoms with Crippen LogP contribution in [0.3, 0.4) is 0 Å². The number of imidazole rings is 1. The van der Waals surface area contributed by atoms with Gasteiger partial charge in [0.2, 0.25) is 0 Å². The lowest BCUT2D eigenvalue weighted by Crippen LogP contribution is -2.41. The van der Waals surface area contributed by atoms with Crippen molar-refractivity contribution in [2.45, 2.75) is 39.2 Å². The van der Waals surface area contributed by atoms with Gasteiger partial charge in [0.05, 0.1) is 22.4 Å². The molecule has 2 aromatic heterocycles. The Labute approximate surface area is 159 Å². The summed E-state index contributed by atoms with van der Waals surface area (Å²) in [5.41, 5.74) is 3.86. The van der Waals surface area contributed by atoms with Crippen LogP contribution in [0, 0.1) is 6.92 Å². The summed E-state index contributed by atoms with van der Waals surface area (Å²) >= 11 is 0. The molecule has 4 rings (SSSR count). The van der Waals surface area contributed by atoms with E-state index in [0.717, 1.165) is 55.1 Å². The van der Waals surface area contributed by atoms with Crippen molar-refractivity contribution in [1.29, 1.82) is 0 Å². The Bertz CT molecular complexity index is 964. The van der Waals surface area contributed by atoms with Gasteiger partial charge in [-0.15, -0.1) is 0 Å². The van der Waals surface area contributed by atoms with E-state index in [-0.39, 0.29) is 6.03 Å². The molecule has 1 aliphatic rings. The van der Waals surface area contributed by atoms with E-state index in [4.69, 9.17) is 4.98 Å². The molecular weight excluding hydrogens is 340 g/mol. The molecule has 0 aliphatic carbocycles. The van der Waals surface area contributed by atoms with Crippen molar-refractivity contribution in [3.63, 3.8) is 0 Å². The van der Waals surface area contributed by atoms with Crippen molar-refractivity contribution in [2.24, 2.45) is 7.05 Å². The third-order valence-corrected chi connectivity index (χ3v) is 5.36. The maximum atomic E-state index is 12.6. The molecule has 1 N–H and O–H groups in total. The molecule has 27 heavy (non-hydrogen) atoms. The summed E-state index contributed by atoms with van der Waals surface area (Å²) < 4.78 is 4.10. The lowest BCUT2D eigenvalue weighted by Gasteiger charge is -2.33. The minimum Gasteiger partial charge on any atom is -0.325 e. The molecule has 142 valence electrons. The van der Waals surface area contributed by atoms with Gasteiger partial charge < -0.3 is 14.8 Å². The first-order valence-corrected chi connectivity index (χ1v) is 9.59. The first kappa shape index (κ1) is 17.6. The van der Waals surface area contributed by atoms with Gasteiger partial charge in [0.15, 0.2) is 0 Å². The summed E-state index contributed by atoms with van der Waals surface area (Å²) in [6.07, 6.45) is 4.63. The topological polar surface area (TPSA) is 68.0 Å². The summed E-state index contributed by atoms with van der Waals surface area (Å²) in [5.74, 6) is 1.13. The van der Waals surface area contributed by atoms with E-state index in [1.165, 1.54) is 5.52 Å². The number of hydrogen-bond donors (Lipinski definition) is 1. The van der Waals surface area contributed by atoms with E-state index in [1.54, 1.807) is 4.68 Å². The third-order valence-electron chi connectivity index (χ3n) is 5.36. The third kappa shape index (κ3) is 3.29. The molecule has 1 aromatic carbocycles. The van der Waals surface area contributed by atoms with Crippen molar-refractivity contribution >= 4 is 22.8 Å². The van der Waals surface area contributed by atoms with Crippen LogP contribution in [0.2, 0.25) is 0 Å². The molecule has 3 aromatic rings. The van der Waals surface area contributed by atoms with Gasteiger partial charge in [-0.05, 0) is 31.9 Å². The maximum absolute atomic E-state index is 12.6. The summed E-state index contributed by atoms with van der Waals surface area (Å²) in [5, 5.41) is 7.26. The van der Waals surface area contributed by atoms with Crippen LogP contribution < -0.4 is 5.32 Å². The highest BCUT2D eigenvalue weighted by atomic mass is 16.2. The Morgan fingerprint density at radius 1 is 1.26 bits per heavy atom. The Kier molecular flexibility index (Phi) is 4.59. The van der Waals surface area contributed by atoms with Gasteiger partial charge in [-0.25, -0.2) is 9.78 Å². The number of piperidine rings is 1. The van der Waals surface area contributed by atoms with Crippen LogP contribution >= 0.6 is 0 Å². The molecule has 0 bridgehead atoms. The van der Waals surface area contributed by atoms with E-state index in [9.17, 15) is 4.79 Å². The Balaban J connectivity index is 1.46. The van der Waals surface area contributed by atoms with E-state index in [0.29, 0.717) is 6.04 Å². The highest BCUT2D eigenvalue weighted by Gasteiger charge is 2.26. The second-order valence-corrected chi connectivity index (χ2v) is 7.19. The number of nitrogens with one attached hydrogen (secondary N) is 1. The van der Waals surface area contributed by atoms with Crippen LogP contribution in [0.15, 0.2) is 30.5 Å². The molecule has 7 nitrogen and oxygen atoms in total. The second kappa shape index (κ2) is 7.06. The molecular formula is C20H26N6O. The van der Waals surface area contributed by atoms with Crippen LogP contribution in [0.25, 0.3) is 11.0 Å². The smallest absolute Gasteiger partial charge is 0.321 e. The number of rotatable bonds is 3. The number of aryl methyl sites for hydroxylation is 3. The zero-order valence-electron chi connectivity index (χ0n) is 16.1. The molecule has 0 saturated carbocycles. The Morgan fingerprint density at radius 3 is 2.67 bits per heavy atom.